The molecule has 5 unspecified atom stereocenters. The van der Waals surface area contributed by atoms with Gasteiger partial charge in [0.15, 0.2) is 0 Å². The molecule has 0 amide bonds. The third-order valence-electron chi connectivity index (χ3n) is 7.94. The minimum Gasteiger partial charge on any atom is -0.374 e. The van der Waals surface area contributed by atoms with Crippen LogP contribution in [-0.4, -0.2) is 11.3 Å². The van der Waals surface area contributed by atoms with Gasteiger partial charge in [0.1, 0.15) is 6.23 Å². The second-order valence-corrected chi connectivity index (χ2v) is 10.5. The topological polar surface area (TPSA) is 32.3 Å². The van der Waals surface area contributed by atoms with Gasteiger partial charge in [-0.25, -0.2) is 0 Å². The van der Waals surface area contributed by atoms with E-state index < -0.39 is 6.23 Å². The lowest BCUT2D eigenvalue weighted by atomic mass is 9.63. The lowest BCUT2D eigenvalue weighted by Crippen LogP contribution is -2.27. The van der Waals surface area contributed by atoms with Crippen LogP contribution < -0.4 is 5.32 Å². The Hall–Kier alpha value is -2.58. The van der Waals surface area contributed by atoms with Crippen LogP contribution in [0.2, 0.25) is 0 Å². The molecule has 0 fully saturated rings. The van der Waals surface area contributed by atoms with Gasteiger partial charge in [0, 0.05) is 5.69 Å². The van der Waals surface area contributed by atoms with Crippen molar-refractivity contribution in [2.45, 2.75) is 66.0 Å². The van der Waals surface area contributed by atoms with Crippen molar-refractivity contribution in [1.82, 2.24) is 0 Å². The summed E-state index contributed by atoms with van der Waals surface area (Å²) in [6.07, 6.45) is 0.682. The number of benzene rings is 3. The van der Waals surface area contributed by atoms with Crippen molar-refractivity contribution in [2.75, 3.05) is 5.32 Å². The zero-order valence-electron chi connectivity index (χ0n) is 21.0. The number of aliphatic hydroxyl groups is 1. The van der Waals surface area contributed by atoms with E-state index in [9.17, 15) is 5.11 Å². The highest BCUT2D eigenvalue weighted by Gasteiger charge is 2.37. The Bertz CT molecular complexity index is 1070. The molecule has 3 aromatic rings. The number of fused-ring (bicyclic) bond motifs is 1. The quantitative estimate of drug-likeness (QED) is 0.377. The molecule has 0 spiro atoms. The van der Waals surface area contributed by atoms with Gasteiger partial charge in [-0.1, -0.05) is 89.2 Å². The molecule has 1 aliphatic carbocycles. The van der Waals surface area contributed by atoms with Crippen molar-refractivity contribution in [2.24, 2.45) is 17.8 Å². The van der Waals surface area contributed by atoms with Crippen molar-refractivity contribution < 1.29 is 5.11 Å². The normalized spacial score (nSPS) is 22.0. The van der Waals surface area contributed by atoms with Crippen LogP contribution in [0.25, 0.3) is 22.3 Å². The minimum absolute atomic E-state index is 0.504. The molecule has 174 valence electrons. The molecule has 2 nitrogen and oxygen atoms in total. The summed E-state index contributed by atoms with van der Waals surface area (Å²) in [6, 6.07) is 24.1. The summed E-state index contributed by atoms with van der Waals surface area (Å²) in [5.74, 6) is 2.96. The monoisotopic (exact) mass is 441 g/mol. The van der Waals surface area contributed by atoms with E-state index >= 15 is 0 Å². The number of nitrogens with one attached hydrogen (secondary N) is 1. The fourth-order valence-electron chi connectivity index (χ4n) is 5.58. The van der Waals surface area contributed by atoms with E-state index in [0.717, 1.165) is 5.69 Å². The summed E-state index contributed by atoms with van der Waals surface area (Å²) < 4.78 is 0. The maximum Gasteiger partial charge on any atom is 0.121 e. The number of anilines is 1. The average molecular weight is 442 g/mol. The van der Waals surface area contributed by atoms with E-state index in [1.165, 1.54) is 34.2 Å². The Labute approximate surface area is 200 Å². The fraction of sp³-hybridized carbons (Fsp3) is 0.419. The molecule has 0 radical (unpaired) electrons. The summed E-state index contributed by atoms with van der Waals surface area (Å²) >= 11 is 0. The lowest BCUT2D eigenvalue weighted by Gasteiger charge is -2.41. The van der Waals surface area contributed by atoms with Crippen molar-refractivity contribution >= 4 is 5.69 Å². The van der Waals surface area contributed by atoms with E-state index in [1.807, 2.05) is 0 Å². The highest BCUT2D eigenvalue weighted by Crippen LogP contribution is 2.53. The SMILES string of the molecule is CC(O)Nc1ccc(-c2ccc(-c3ccccc3)c3c2C(C)C(C)CC3C(C)C(C)C)cc1. The average Bonchev–Trinajstić information content (AvgIpc) is 2.81. The van der Waals surface area contributed by atoms with Crippen LogP contribution in [0.4, 0.5) is 5.69 Å². The van der Waals surface area contributed by atoms with Gasteiger partial charge in [-0.2, -0.15) is 0 Å². The van der Waals surface area contributed by atoms with Crippen molar-refractivity contribution in [1.29, 1.82) is 0 Å². The molecule has 0 bridgehead atoms. The maximum atomic E-state index is 9.67. The van der Waals surface area contributed by atoms with Gasteiger partial charge in [0.2, 0.25) is 0 Å². The van der Waals surface area contributed by atoms with E-state index in [2.05, 4.69) is 107 Å². The molecular formula is C31H39NO. The van der Waals surface area contributed by atoms with E-state index in [-0.39, 0.29) is 0 Å². The summed E-state index contributed by atoms with van der Waals surface area (Å²) in [6.45, 7) is 13.8. The first-order valence-electron chi connectivity index (χ1n) is 12.5. The van der Waals surface area contributed by atoms with Gasteiger partial charge < -0.3 is 10.4 Å². The molecule has 0 saturated heterocycles. The van der Waals surface area contributed by atoms with Crippen molar-refractivity contribution in [3.8, 4) is 22.3 Å². The zero-order chi connectivity index (χ0) is 23.7. The van der Waals surface area contributed by atoms with E-state index in [4.69, 9.17) is 0 Å². The highest BCUT2D eigenvalue weighted by atomic mass is 16.3. The molecule has 1 aliphatic rings. The lowest BCUT2D eigenvalue weighted by molar-refractivity contribution is 0.224. The van der Waals surface area contributed by atoms with Crippen molar-refractivity contribution in [3.63, 3.8) is 0 Å². The van der Waals surface area contributed by atoms with Gasteiger partial charge in [-0.15, -0.1) is 0 Å². The van der Waals surface area contributed by atoms with Crippen LogP contribution in [0.1, 0.15) is 70.9 Å². The molecule has 0 heterocycles. The second-order valence-electron chi connectivity index (χ2n) is 10.5. The van der Waals surface area contributed by atoms with E-state index in [0.29, 0.717) is 29.6 Å². The number of hydrogen-bond acceptors (Lipinski definition) is 2. The molecule has 0 aromatic heterocycles. The summed E-state index contributed by atoms with van der Waals surface area (Å²) in [5, 5.41) is 12.7. The molecule has 3 aromatic carbocycles. The Morgan fingerprint density at radius 1 is 0.758 bits per heavy atom. The number of hydrogen-bond donors (Lipinski definition) is 2. The van der Waals surface area contributed by atoms with Crippen LogP contribution in [0.3, 0.4) is 0 Å². The highest BCUT2D eigenvalue weighted by molar-refractivity contribution is 5.80. The predicted molar refractivity (Wildman–Crippen MR) is 142 cm³/mol. The van der Waals surface area contributed by atoms with Crippen LogP contribution in [0.15, 0.2) is 66.7 Å². The molecule has 33 heavy (non-hydrogen) atoms. The summed E-state index contributed by atoms with van der Waals surface area (Å²) in [7, 11) is 0. The Balaban J connectivity index is 1.93. The Morgan fingerprint density at radius 2 is 1.33 bits per heavy atom. The second kappa shape index (κ2) is 9.73. The third-order valence-corrected chi connectivity index (χ3v) is 7.94. The first-order valence-corrected chi connectivity index (χ1v) is 12.5. The first-order chi connectivity index (χ1) is 15.8. The summed E-state index contributed by atoms with van der Waals surface area (Å²) in [4.78, 5) is 0. The summed E-state index contributed by atoms with van der Waals surface area (Å²) in [5.41, 5.74) is 9.36. The van der Waals surface area contributed by atoms with Gasteiger partial charge in [0.05, 0.1) is 0 Å². The molecule has 0 aliphatic heterocycles. The largest absolute Gasteiger partial charge is 0.374 e. The molecule has 2 heteroatoms. The van der Waals surface area contributed by atoms with Gasteiger partial charge in [-0.3, -0.25) is 0 Å². The Kier molecular flexibility index (Phi) is 6.95. The molecule has 4 rings (SSSR count). The smallest absolute Gasteiger partial charge is 0.121 e. The molecular weight excluding hydrogens is 402 g/mol. The Morgan fingerprint density at radius 3 is 1.91 bits per heavy atom. The van der Waals surface area contributed by atoms with Crippen molar-refractivity contribution in [3.05, 3.63) is 77.9 Å². The molecule has 5 atom stereocenters. The zero-order valence-corrected chi connectivity index (χ0v) is 21.0. The van der Waals surface area contributed by atoms with Crippen LogP contribution in [0, 0.1) is 17.8 Å². The third kappa shape index (κ3) is 4.73. The molecule has 2 N–H and O–H groups in total. The van der Waals surface area contributed by atoms with E-state index in [1.54, 1.807) is 12.5 Å². The number of aliphatic hydroxyl groups excluding tert-OH is 1. The van der Waals surface area contributed by atoms with Crippen LogP contribution in [0.5, 0.6) is 0 Å². The minimum atomic E-state index is -0.562. The molecule has 0 saturated carbocycles. The first kappa shape index (κ1) is 23.6. The van der Waals surface area contributed by atoms with Crippen LogP contribution in [-0.2, 0) is 0 Å². The van der Waals surface area contributed by atoms with Crippen LogP contribution >= 0.6 is 0 Å². The van der Waals surface area contributed by atoms with Gasteiger partial charge in [0.25, 0.3) is 0 Å². The van der Waals surface area contributed by atoms with Gasteiger partial charge in [-0.05, 0) is 88.4 Å². The predicted octanol–water partition coefficient (Wildman–Crippen LogP) is 8.29. The number of rotatable bonds is 6. The maximum absolute atomic E-state index is 9.67. The van der Waals surface area contributed by atoms with Gasteiger partial charge >= 0.3 is 0 Å². The fourth-order valence-corrected chi connectivity index (χ4v) is 5.58. The standard InChI is InChI=1S/C31H39NO/c1-19(2)21(4)29-18-20(3)22(5)30-27(25-12-14-26(15-13-25)32-23(6)33)16-17-28(31(29)30)24-10-8-7-9-11-24/h7-17,19-23,29,32-33H,18H2,1-6H3.